The number of nitrogens with zero attached hydrogens (tertiary/aromatic N) is 5. The molecule has 0 unspecified atom stereocenters. The summed E-state index contributed by atoms with van der Waals surface area (Å²) in [6, 6.07) is 11.4. The molecule has 0 saturated heterocycles. The Bertz CT molecular complexity index is 892. The molecule has 0 radical (unpaired) electrons. The van der Waals surface area contributed by atoms with Gasteiger partial charge in [0.15, 0.2) is 5.69 Å². The van der Waals surface area contributed by atoms with E-state index >= 15 is 0 Å². The van der Waals surface area contributed by atoms with Crippen LogP contribution in [0.2, 0.25) is 5.02 Å². The predicted molar refractivity (Wildman–Crippen MR) is 95.3 cm³/mol. The summed E-state index contributed by atoms with van der Waals surface area (Å²) in [5.41, 5.74) is 3.13. The molecule has 0 atom stereocenters. The quantitative estimate of drug-likeness (QED) is 0.705. The molecule has 2 aromatic heterocycles. The molecule has 128 valence electrons. The molecule has 1 amide bonds. The lowest BCUT2D eigenvalue weighted by molar-refractivity contribution is 0.0777. The van der Waals surface area contributed by atoms with E-state index in [0.717, 1.165) is 16.8 Å². The molecule has 0 bridgehead atoms. The van der Waals surface area contributed by atoms with Gasteiger partial charge in [-0.25, -0.2) is 4.68 Å². The highest BCUT2D eigenvalue weighted by Gasteiger charge is 2.17. The van der Waals surface area contributed by atoms with Gasteiger partial charge in [-0.2, -0.15) is 0 Å². The molecule has 7 heteroatoms. The van der Waals surface area contributed by atoms with E-state index in [1.165, 1.54) is 0 Å². The molecule has 0 spiro atoms. The average molecular weight is 356 g/mol. The van der Waals surface area contributed by atoms with Gasteiger partial charge in [0.05, 0.1) is 25.0 Å². The van der Waals surface area contributed by atoms with Crippen LogP contribution in [0.3, 0.4) is 0 Å². The Morgan fingerprint density at radius 2 is 2.04 bits per heavy atom. The number of aromatic nitrogens is 4. The number of halogens is 1. The van der Waals surface area contributed by atoms with E-state index in [2.05, 4.69) is 15.3 Å². The Kier molecular flexibility index (Phi) is 5.09. The number of hydrogen-bond acceptors (Lipinski definition) is 4. The van der Waals surface area contributed by atoms with E-state index in [9.17, 15) is 4.79 Å². The first-order chi connectivity index (χ1) is 12.0. The van der Waals surface area contributed by atoms with Gasteiger partial charge in [-0.1, -0.05) is 41.1 Å². The third kappa shape index (κ3) is 4.03. The highest BCUT2D eigenvalue weighted by molar-refractivity contribution is 6.31. The second kappa shape index (κ2) is 7.44. The van der Waals surface area contributed by atoms with E-state index in [0.29, 0.717) is 23.8 Å². The van der Waals surface area contributed by atoms with Crippen LogP contribution in [0.4, 0.5) is 0 Å². The van der Waals surface area contributed by atoms with Crippen molar-refractivity contribution < 1.29 is 4.79 Å². The van der Waals surface area contributed by atoms with Gasteiger partial charge in [0.1, 0.15) is 0 Å². The fourth-order valence-electron chi connectivity index (χ4n) is 2.45. The summed E-state index contributed by atoms with van der Waals surface area (Å²) in [6.45, 7) is 2.85. The first-order valence-electron chi connectivity index (χ1n) is 7.84. The Labute approximate surface area is 151 Å². The van der Waals surface area contributed by atoms with Crippen LogP contribution in [0, 0.1) is 6.92 Å². The fourth-order valence-corrected chi connectivity index (χ4v) is 2.65. The highest BCUT2D eigenvalue weighted by atomic mass is 35.5. The number of aryl methyl sites for hydroxylation is 1. The summed E-state index contributed by atoms with van der Waals surface area (Å²) < 4.78 is 1.61. The van der Waals surface area contributed by atoms with Crippen LogP contribution in [0.5, 0.6) is 0 Å². The van der Waals surface area contributed by atoms with Crippen LogP contribution < -0.4 is 0 Å². The summed E-state index contributed by atoms with van der Waals surface area (Å²) in [5, 5.41) is 8.67. The van der Waals surface area contributed by atoms with Gasteiger partial charge in [-0.15, -0.1) is 5.10 Å². The molecule has 0 N–H and O–H groups in total. The minimum Gasteiger partial charge on any atom is -0.334 e. The monoisotopic (exact) mass is 355 g/mol. The third-order valence-corrected chi connectivity index (χ3v) is 4.27. The van der Waals surface area contributed by atoms with Gasteiger partial charge in [-0.3, -0.25) is 9.78 Å². The second-order valence-electron chi connectivity index (χ2n) is 5.82. The average Bonchev–Trinajstić information content (AvgIpc) is 3.07. The van der Waals surface area contributed by atoms with Crippen molar-refractivity contribution in [3.05, 3.63) is 76.3 Å². The molecular weight excluding hydrogens is 338 g/mol. The largest absolute Gasteiger partial charge is 0.334 e. The van der Waals surface area contributed by atoms with E-state index in [1.807, 2.05) is 43.3 Å². The lowest BCUT2D eigenvalue weighted by Crippen LogP contribution is -2.27. The molecule has 0 saturated carbocycles. The van der Waals surface area contributed by atoms with Gasteiger partial charge in [0.25, 0.3) is 5.91 Å². The maximum Gasteiger partial charge on any atom is 0.276 e. The van der Waals surface area contributed by atoms with Crippen molar-refractivity contribution in [3.8, 4) is 0 Å². The molecule has 3 rings (SSSR count). The highest BCUT2D eigenvalue weighted by Crippen LogP contribution is 2.16. The molecule has 3 aromatic rings. The molecule has 0 aliphatic rings. The van der Waals surface area contributed by atoms with Crippen LogP contribution in [-0.2, 0) is 13.1 Å². The summed E-state index contributed by atoms with van der Waals surface area (Å²) in [5.74, 6) is -0.199. The Morgan fingerprint density at radius 1 is 1.24 bits per heavy atom. The minimum absolute atomic E-state index is 0.199. The smallest absolute Gasteiger partial charge is 0.276 e. The number of pyridine rings is 1. The first-order valence-corrected chi connectivity index (χ1v) is 8.22. The molecule has 25 heavy (non-hydrogen) atoms. The van der Waals surface area contributed by atoms with Gasteiger partial charge in [-0.05, 0) is 30.2 Å². The number of carbonyl (C=O) groups excluding carboxylic acids is 1. The van der Waals surface area contributed by atoms with Crippen molar-refractivity contribution in [1.82, 2.24) is 24.9 Å². The van der Waals surface area contributed by atoms with Crippen molar-refractivity contribution in [3.63, 3.8) is 0 Å². The number of carbonyl (C=O) groups is 1. The Hall–Kier alpha value is -2.73. The molecule has 2 heterocycles. The standard InChI is InChI=1S/C18H18ClN5O/c1-13-6-5-9-20-16(13)11-23(2)18(25)17-12-24(22-21-17)10-14-7-3-4-8-15(14)19/h3-9,12H,10-11H2,1-2H3. The van der Waals surface area contributed by atoms with Crippen molar-refractivity contribution in [2.75, 3.05) is 7.05 Å². The van der Waals surface area contributed by atoms with Crippen molar-refractivity contribution in [2.24, 2.45) is 0 Å². The second-order valence-corrected chi connectivity index (χ2v) is 6.23. The van der Waals surface area contributed by atoms with Crippen LogP contribution in [0.15, 0.2) is 48.8 Å². The first kappa shape index (κ1) is 17.1. The van der Waals surface area contributed by atoms with Crippen LogP contribution >= 0.6 is 11.6 Å². The van der Waals surface area contributed by atoms with Crippen LogP contribution in [-0.4, -0.2) is 37.8 Å². The molecule has 0 aliphatic heterocycles. The van der Waals surface area contributed by atoms with Crippen molar-refractivity contribution in [2.45, 2.75) is 20.0 Å². The zero-order valence-electron chi connectivity index (χ0n) is 14.1. The Balaban J connectivity index is 1.70. The van der Waals surface area contributed by atoms with Gasteiger partial charge in [0.2, 0.25) is 0 Å². The van der Waals surface area contributed by atoms with E-state index in [-0.39, 0.29) is 5.91 Å². The zero-order valence-corrected chi connectivity index (χ0v) is 14.8. The summed E-state index contributed by atoms with van der Waals surface area (Å²) in [7, 11) is 1.73. The molecule has 1 aromatic carbocycles. The Morgan fingerprint density at radius 3 is 2.80 bits per heavy atom. The van der Waals surface area contributed by atoms with Crippen molar-refractivity contribution in [1.29, 1.82) is 0 Å². The number of hydrogen-bond donors (Lipinski definition) is 0. The maximum atomic E-state index is 12.5. The van der Waals surface area contributed by atoms with Gasteiger partial charge in [0, 0.05) is 18.3 Å². The fraction of sp³-hybridized carbons (Fsp3) is 0.222. The third-order valence-electron chi connectivity index (χ3n) is 3.90. The number of rotatable bonds is 5. The zero-order chi connectivity index (χ0) is 17.8. The van der Waals surface area contributed by atoms with Crippen molar-refractivity contribution >= 4 is 17.5 Å². The SMILES string of the molecule is Cc1cccnc1CN(C)C(=O)c1cn(Cc2ccccc2Cl)nn1. The number of amides is 1. The molecule has 0 aliphatic carbocycles. The topological polar surface area (TPSA) is 63.9 Å². The van der Waals surface area contributed by atoms with E-state index in [1.54, 1.807) is 29.0 Å². The summed E-state index contributed by atoms with van der Waals surface area (Å²) >= 11 is 6.16. The normalized spacial score (nSPS) is 10.7. The van der Waals surface area contributed by atoms with Crippen LogP contribution in [0.25, 0.3) is 0 Å². The van der Waals surface area contributed by atoms with Crippen LogP contribution in [0.1, 0.15) is 27.3 Å². The predicted octanol–water partition coefficient (Wildman–Crippen LogP) is 2.96. The van der Waals surface area contributed by atoms with Gasteiger partial charge >= 0.3 is 0 Å². The van der Waals surface area contributed by atoms with E-state index < -0.39 is 0 Å². The molecule has 6 nitrogen and oxygen atoms in total. The minimum atomic E-state index is -0.199. The van der Waals surface area contributed by atoms with Gasteiger partial charge < -0.3 is 4.90 Å². The number of benzene rings is 1. The maximum absolute atomic E-state index is 12.5. The van der Waals surface area contributed by atoms with E-state index in [4.69, 9.17) is 11.6 Å². The molecule has 0 fully saturated rings. The molecular formula is C18H18ClN5O. The summed E-state index contributed by atoms with van der Waals surface area (Å²) in [4.78, 5) is 18.4. The lowest BCUT2D eigenvalue weighted by Gasteiger charge is -2.16. The summed E-state index contributed by atoms with van der Waals surface area (Å²) in [6.07, 6.45) is 3.36. The lowest BCUT2D eigenvalue weighted by atomic mass is 10.2.